The zero-order chi connectivity index (χ0) is 15.9. The van der Waals surface area contributed by atoms with Gasteiger partial charge in [0.15, 0.2) is 5.60 Å². The Bertz CT molecular complexity index is 517. The predicted octanol–water partition coefficient (Wildman–Crippen LogP) is 2.29. The number of carboxylic acids is 1. The number of hydrogen-bond acceptors (Lipinski definition) is 4. The summed E-state index contributed by atoms with van der Waals surface area (Å²) in [5, 5.41) is 19.1. The number of ether oxygens (including phenoxy) is 1. The fourth-order valence-corrected chi connectivity index (χ4v) is 1.71. The van der Waals surface area contributed by atoms with Gasteiger partial charge in [-0.1, -0.05) is 42.0 Å². The molecule has 1 aromatic carbocycles. The third kappa shape index (κ3) is 5.79. The summed E-state index contributed by atoms with van der Waals surface area (Å²) in [6.07, 6.45) is 0.840. The lowest BCUT2D eigenvalue weighted by molar-refractivity contribution is -0.171. The van der Waals surface area contributed by atoms with Gasteiger partial charge in [0.05, 0.1) is 6.42 Å². The van der Waals surface area contributed by atoms with Crippen LogP contribution < -0.4 is 0 Å². The SMILES string of the molecule is CC(C)=CCC(O)(CC(=O)O)C(=O)OCc1ccccc1. The van der Waals surface area contributed by atoms with Crippen LogP contribution in [0.2, 0.25) is 0 Å². The van der Waals surface area contributed by atoms with Crippen molar-refractivity contribution >= 4 is 11.9 Å². The molecule has 0 spiro atoms. The smallest absolute Gasteiger partial charge is 0.339 e. The highest BCUT2D eigenvalue weighted by atomic mass is 16.5. The van der Waals surface area contributed by atoms with Gasteiger partial charge in [-0.05, 0) is 19.4 Å². The van der Waals surface area contributed by atoms with Gasteiger partial charge in [-0.15, -0.1) is 0 Å². The van der Waals surface area contributed by atoms with Crippen LogP contribution >= 0.6 is 0 Å². The first-order valence-electron chi connectivity index (χ1n) is 6.62. The molecule has 5 heteroatoms. The summed E-state index contributed by atoms with van der Waals surface area (Å²) in [4.78, 5) is 22.9. The maximum Gasteiger partial charge on any atom is 0.339 e. The highest BCUT2D eigenvalue weighted by molar-refractivity contribution is 5.85. The van der Waals surface area contributed by atoms with Crippen LogP contribution in [-0.2, 0) is 20.9 Å². The van der Waals surface area contributed by atoms with Gasteiger partial charge >= 0.3 is 11.9 Å². The summed E-state index contributed by atoms with van der Waals surface area (Å²) in [6.45, 7) is 3.60. The minimum absolute atomic E-state index is 0.00355. The molecule has 1 rings (SSSR count). The number of aliphatic hydroxyl groups is 1. The van der Waals surface area contributed by atoms with E-state index in [9.17, 15) is 14.7 Å². The Morgan fingerprint density at radius 3 is 2.38 bits per heavy atom. The molecule has 0 aromatic heterocycles. The van der Waals surface area contributed by atoms with Gasteiger partial charge in [0, 0.05) is 6.42 Å². The molecule has 0 aliphatic heterocycles. The Labute approximate surface area is 123 Å². The molecule has 5 nitrogen and oxygen atoms in total. The van der Waals surface area contributed by atoms with Gasteiger partial charge in [0.2, 0.25) is 0 Å². The molecule has 0 aliphatic carbocycles. The first kappa shape index (κ1) is 16.9. The average molecular weight is 292 g/mol. The second-order valence-corrected chi connectivity index (χ2v) is 5.15. The van der Waals surface area contributed by atoms with E-state index in [1.54, 1.807) is 44.2 Å². The summed E-state index contributed by atoms with van der Waals surface area (Å²) in [5.74, 6) is -2.18. The molecule has 114 valence electrons. The van der Waals surface area contributed by atoms with E-state index in [2.05, 4.69) is 0 Å². The van der Waals surface area contributed by atoms with Crippen molar-refractivity contribution in [2.75, 3.05) is 0 Å². The molecule has 0 aliphatic rings. The highest BCUT2D eigenvalue weighted by Crippen LogP contribution is 2.20. The maximum atomic E-state index is 12.0. The molecule has 0 heterocycles. The van der Waals surface area contributed by atoms with Crippen LogP contribution in [-0.4, -0.2) is 27.8 Å². The molecule has 1 aromatic rings. The fraction of sp³-hybridized carbons (Fsp3) is 0.375. The van der Waals surface area contributed by atoms with Crippen LogP contribution in [0.5, 0.6) is 0 Å². The van der Waals surface area contributed by atoms with Crippen molar-refractivity contribution < 1.29 is 24.5 Å². The number of rotatable bonds is 7. The first-order chi connectivity index (χ1) is 9.83. The van der Waals surface area contributed by atoms with E-state index >= 15 is 0 Å². The molecule has 21 heavy (non-hydrogen) atoms. The standard InChI is InChI=1S/C16H20O5/c1-12(2)8-9-16(20,10-14(17)18)15(19)21-11-13-6-4-3-5-7-13/h3-8,20H,9-11H2,1-2H3,(H,17,18). The van der Waals surface area contributed by atoms with Crippen molar-refractivity contribution in [3.63, 3.8) is 0 Å². The average Bonchev–Trinajstić information content (AvgIpc) is 2.43. The molecule has 0 amide bonds. The lowest BCUT2D eigenvalue weighted by Crippen LogP contribution is -2.41. The van der Waals surface area contributed by atoms with E-state index in [4.69, 9.17) is 9.84 Å². The van der Waals surface area contributed by atoms with E-state index in [-0.39, 0.29) is 13.0 Å². The van der Waals surface area contributed by atoms with Crippen LogP contribution in [0.15, 0.2) is 42.0 Å². The van der Waals surface area contributed by atoms with Gasteiger partial charge in [-0.25, -0.2) is 4.79 Å². The third-order valence-corrected chi connectivity index (χ3v) is 2.88. The summed E-state index contributed by atoms with van der Waals surface area (Å²) >= 11 is 0. The number of esters is 1. The molecule has 0 saturated carbocycles. The summed E-state index contributed by atoms with van der Waals surface area (Å²) in [5.41, 5.74) is -0.391. The quantitative estimate of drug-likeness (QED) is 0.595. The monoisotopic (exact) mass is 292 g/mol. The topological polar surface area (TPSA) is 83.8 Å². The van der Waals surface area contributed by atoms with Crippen molar-refractivity contribution in [3.05, 3.63) is 47.5 Å². The van der Waals surface area contributed by atoms with Gasteiger partial charge < -0.3 is 14.9 Å². The minimum Gasteiger partial charge on any atom is -0.481 e. The lowest BCUT2D eigenvalue weighted by Gasteiger charge is -2.23. The number of carboxylic acid groups (broad SMARTS) is 1. The summed E-state index contributed by atoms with van der Waals surface area (Å²) in [7, 11) is 0. The maximum absolute atomic E-state index is 12.0. The zero-order valence-corrected chi connectivity index (χ0v) is 12.2. The number of carbonyl (C=O) groups excluding carboxylic acids is 1. The van der Waals surface area contributed by atoms with Crippen LogP contribution in [0.4, 0.5) is 0 Å². The summed E-state index contributed by atoms with van der Waals surface area (Å²) < 4.78 is 5.04. The number of benzene rings is 1. The van der Waals surface area contributed by atoms with E-state index < -0.39 is 24.0 Å². The largest absolute Gasteiger partial charge is 0.481 e. The van der Waals surface area contributed by atoms with Crippen molar-refractivity contribution in [2.45, 2.75) is 38.9 Å². The molecular formula is C16H20O5. The molecule has 0 bridgehead atoms. The summed E-state index contributed by atoms with van der Waals surface area (Å²) in [6, 6.07) is 8.99. The van der Waals surface area contributed by atoms with Crippen molar-refractivity contribution in [2.24, 2.45) is 0 Å². The molecule has 0 radical (unpaired) electrons. The van der Waals surface area contributed by atoms with Crippen molar-refractivity contribution in [1.82, 2.24) is 0 Å². The Kier molecular flexibility index (Phi) is 6.11. The van der Waals surface area contributed by atoms with Crippen molar-refractivity contribution in [1.29, 1.82) is 0 Å². The van der Waals surface area contributed by atoms with E-state index in [0.29, 0.717) is 0 Å². The number of aliphatic carboxylic acids is 1. The van der Waals surface area contributed by atoms with Gasteiger partial charge in [0.25, 0.3) is 0 Å². The number of hydrogen-bond donors (Lipinski definition) is 2. The van der Waals surface area contributed by atoms with E-state index in [0.717, 1.165) is 11.1 Å². The van der Waals surface area contributed by atoms with Gasteiger partial charge in [-0.3, -0.25) is 4.79 Å². The van der Waals surface area contributed by atoms with Crippen LogP contribution in [0.1, 0.15) is 32.3 Å². The third-order valence-electron chi connectivity index (χ3n) is 2.88. The van der Waals surface area contributed by atoms with Gasteiger partial charge in [-0.2, -0.15) is 0 Å². The predicted molar refractivity (Wildman–Crippen MR) is 77.5 cm³/mol. The Morgan fingerprint density at radius 1 is 1.24 bits per heavy atom. The Hall–Kier alpha value is -2.14. The normalized spacial score (nSPS) is 13.1. The zero-order valence-electron chi connectivity index (χ0n) is 12.2. The van der Waals surface area contributed by atoms with Crippen LogP contribution in [0.25, 0.3) is 0 Å². The Morgan fingerprint density at radius 2 is 1.86 bits per heavy atom. The number of carbonyl (C=O) groups is 2. The van der Waals surface area contributed by atoms with Crippen LogP contribution in [0, 0.1) is 0 Å². The molecule has 0 saturated heterocycles. The molecular weight excluding hydrogens is 272 g/mol. The second-order valence-electron chi connectivity index (χ2n) is 5.15. The Balaban J connectivity index is 2.75. The van der Waals surface area contributed by atoms with Gasteiger partial charge in [0.1, 0.15) is 6.61 Å². The molecule has 1 atom stereocenters. The molecule has 2 N–H and O–H groups in total. The van der Waals surface area contributed by atoms with E-state index in [1.807, 2.05) is 6.07 Å². The fourth-order valence-electron chi connectivity index (χ4n) is 1.71. The lowest BCUT2D eigenvalue weighted by atomic mass is 9.94. The molecule has 1 unspecified atom stereocenters. The van der Waals surface area contributed by atoms with Crippen LogP contribution in [0.3, 0.4) is 0 Å². The first-order valence-corrected chi connectivity index (χ1v) is 6.62. The molecule has 0 fully saturated rings. The number of allylic oxidation sites excluding steroid dienone is 1. The minimum atomic E-state index is -2.04. The highest BCUT2D eigenvalue weighted by Gasteiger charge is 2.39. The second kappa shape index (κ2) is 7.59. The van der Waals surface area contributed by atoms with Crippen molar-refractivity contribution in [3.8, 4) is 0 Å². The van der Waals surface area contributed by atoms with E-state index in [1.165, 1.54) is 0 Å².